The maximum atomic E-state index is 6.57. The summed E-state index contributed by atoms with van der Waals surface area (Å²) in [5, 5.41) is 14.4. The fourth-order valence-corrected chi connectivity index (χ4v) is 4.25. The van der Waals surface area contributed by atoms with Crippen molar-refractivity contribution in [2.45, 2.75) is 25.3 Å². The van der Waals surface area contributed by atoms with Gasteiger partial charge in [0.1, 0.15) is 0 Å². The largest absolute Gasteiger partial charge is 0.290 e. The average Bonchev–Trinajstić information content (AvgIpc) is 3.14. The number of hydrogen-bond donors (Lipinski definition) is 0. The van der Waals surface area contributed by atoms with Crippen molar-refractivity contribution in [2.75, 3.05) is 13.1 Å². The maximum absolute atomic E-state index is 6.57. The van der Waals surface area contributed by atoms with Crippen molar-refractivity contribution in [1.29, 1.82) is 0 Å². The summed E-state index contributed by atoms with van der Waals surface area (Å²) in [4.78, 5) is 2.38. The van der Waals surface area contributed by atoms with Crippen molar-refractivity contribution in [1.82, 2.24) is 25.1 Å². The minimum absolute atomic E-state index is 0.163. The third kappa shape index (κ3) is 3.97. The summed E-state index contributed by atoms with van der Waals surface area (Å²) in [6, 6.07) is 12.9. The molecule has 0 aliphatic carbocycles. The molecule has 0 radical (unpaired) electrons. The molecule has 4 rings (SSSR count). The van der Waals surface area contributed by atoms with E-state index >= 15 is 0 Å². The van der Waals surface area contributed by atoms with Crippen LogP contribution in [0.15, 0.2) is 42.5 Å². The van der Waals surface area contributed by atoms with Crippen LogP contribution < -0.4 is 0 Å². The van der Waals surface area contributed by atoms with Gasteiger partial charge in [0, 0.05) is 15.1 Å². The normalized spacial score (nSPS) is 16.4. The summed E-state index contributed by atoms with van der Waals surface area (Å²) in [7, 11) is 0. The van der Waals surface area contributed by atoms with Crippen molar-refractivity contribution in [3.63, 3.8) is 0 Å². The molecular weight excluding hydrogens is 405 g/mol. The van der Waals surface area contributed by atoms with E-state index in [2.05, 4.69) is 20.4 Å². The number of aromatic nitrogens is 4. The molecule has 0 saturated carbocycles. The van der Waals surface area contributed by atoms with E-state index in [1.54, 1.807) is 10.7 Å². The van der Waals surface area contributed by atoms with Gasteiger partial charge >= 0.3 is 0 Å². The van der Waals surface area contributed by atoms with Crippen LogP contribution in [0.5, 0.6) is 0 Å². The Morgan fingerprint density at radius 3 is 2.41 bits per heavy atom. The Balaban J connectivity index is 1.83. The zero-order valence-corrected chi connectivity index (χ0v) is 16.8. The molecule has 140 valence electrons. The van der Waals surface area contributed by atoms with Gasteiger partial charge in [-0.3, -0.25) is 4.90 Å². The molecule has 2 aromatic carbocycles. The number of piperidine rings is 1. The standard InChI is InChI=1S/C19H18Cl3N5/c20-13-5-4-6-15(11-13)27-19(23-24-25-27)18(26-9-2-1-3-10-26)16-8-7-14(21)12-17(16)22/h4-8,11-12,18H,1-3,9-10H2/t18-/m0/s1. The van der Waals surface area contributed by atoms with Crippen molar-refractivity contribution in [3.05, 3.63) is 68.9 Å². The summed E-state index contributed by atoms with van der Waals surface area (Å²) in [5.41, 5.74) is 1.76. The van der Waals surface area contributed by atoms with Gasteiger partial charge in [0.05, 0.1) is 11.7 Å². The summed E-state index contributed by atoms with van der Waals surface area (Å²) in [6.07, 6.45) is 3.51. The van der Waals surface area contributed by atoms with E-state index in [4.69, 9.17) is 34.8 Å². The number of nitrogens with zero attached hydrogens (tertiary/aromatic N) is 5. The van der Waals surface area contributed by atoms with Crippen LogP contribution in [0.3, 0.4) is 0 Å². The first-order chi connectivity index (χ1) is 13.1. The number of hydrogen-bond acceptors (Lipinski definition) is 4. The molecule has 3 aromatic rings. The van der Waals surface area contributed by atoms with E-state index in [0.29, 0.717) is 20.9 Å². The molecule has 0 bridgehead atoms. The van der Waals surface area contributed by atoms with Crippen LogP contribution in [0.25, 0.3) is 5.69 Å². The molecule has 1 aliphatic heterocycles. The van der Waals surface area contributed by atoms with E-state index in [0.717, 1.165) is 37.2 Å². The highest BCUT2D eigenvalue weighted by molar-refractivity contribution is 6.35. The minimum Gasteiger partial charge on any atom is -0.290 e. The summed E-state index contributed by atoms with van der Waals surface area (Å²) in [6.45, 7) is 1.93. The van der Waals surface area contributed by atoms with Gasteiger partial charge in [-0.2, -0.15) is 4.68 Å². The minimum atomic E-state index is -0.163. The van der Waals surface area contributed by atoms with Crippen LogP contribution in [-0.2, 0) is 0 Å². The van der Waals surface area contributed by atoms with Gasteiger partial charge in [0.2, 0.25) is 0 Å². The van der Waals surface area contributed by atoms with E-state index < -0.39 is 0 Å². The highest BCUT2D eigenvalue weighted by Gasteiger charge is 2.31. The number of tetrazole rings is 1. The van der Waals surface area contributed by atoms with E-state index in [1.165, 1.54) is 6.42 Å². The molecule has 2 heterocycles. The van der Waals surface area contributed by atoms with Gasteiger partial charge in [-0.1, -0.05) is 53.4 Å². The van der Waals surface area contributed by atoms with Crippen molar-refractivity contribution >= 4 is 34.8 Å². The predicted octanol–water partition coefficient (Wildman–Crippen LogP) is 5.20. The highest BCUT2D eigenvalue weighted by atomic mass is 35.5. The topological polar surface area (TPSA) is 46.8 Å². The Labute approximate surface area is 172 Å². The third-order valence-electron chi connectivity index (χ3n) is 4.80. The summed E-state index contributed by atoms with van der Waals surface area (Å²) >= 11 is 18.9. The molecule has 5 nitrogen and oxygen atoms in total. The van der Waals surface area contributed by atoms with E-state index in [-0.39, 0.29) is 6.04 Å². The van der Waals surface area contributed by atoms with Gasteiger partial charge in [-0.25, -0.2) is 0 Å². The summed E-state index contributed by atoms with van der Waals surface area (Å²) < 4.78 is 1.73. The third-order valence-corrected chi connectivity index (χ3v) is 5.60. The van der Waals surface area contributed by atoms with Gasteiger partial charge in [0.25, 0.3) is 0 Å². The van der Waals surface area contributed by atoms with Crippen LogP contribution in [0, 0.1) is 0 Å². The van der Waals surface area contributed by atoms with Crippen molar-refractivity contribution < 1.29 is 0 Å². The lowest BCUT2D eigenvalue weighted by atomic mass is 10.0. The van der Waals surface area contributed by atoms with Crippen LogP contribution in [-0.4, -0.2) is 38.2 Å². The fourth-order valence-electron chi connectivity index (χ4n) is 3.56. The van der Waals surface area contributed by atoms with Gasteiger partial charge in [-0.15, -0.1) is 5.10 Å². The number of benzene rings is 2. The smallest absolute Gasteiger partial charge is 0.178 e. The Morgan fingerprint density at radius 2 is 1.67 bits per heavy atom. The van der Waals surface area contributed by atoms with Gasteiger partial charge in [-0.05, 0) is 72.3 Å². The van der Waals surface area contributed by atoms with Gasteiger partial charge < -0.3 is 0 Å². The van der Waals surface area contributed by atoms with Crippen LogP contribution in [0.1, 0.15) is 36.7 Å². The molecule has 1 atom stereocenters. The Bertz CT molecular complexity index is 937. The molecule has 27 heavy (non-hydrogen) atoms. The second-order valence-electron chi connectivity index (χ2n) is 6.59. The molecule has 0 spiro atoms. The Kier molecular flexibility index (Phi) is 5.64. The molecule has 0 unspecified atom stereocenters. The highest BCUT2D eigenvalue weighted by Crippen LogP contribution is 2.36. The average molecular weight is 423 g/mol. The first-order valence-corrected chi connectivity index (χ1v) is 10.00. The Hall–Kier alpha value is -1.66. The van der Waals surface area contributed by atoms with Crippen LogP contribution in [0.2, 0.25) is 15.1 Å². The van der Waals surface area contributed by atoms with Gasteiger partial charge in [0.15, 0.2) is 5.82 Å². The predicted molar refractivity (Wildman–Crippen MR) is 108 cm³/mol. The zero-order valence-electron chi connectivity index (χ0n) is 14.5. The lowest BCUT2D eigenvalue weighted by molar-refractivity contribution is 0.180. The number of likely N-dealkylation sites (tertiary alicyclic amines) is 1. The van der Waals surface area contributed by atoms with Crippen LogP contribution in [0.4, 0.5) is 0 Å². The lowest BCUT2D eigenvalue weighted by Crippen LogP contribution is -2.36. The van der Waals surface area contributed by atoms with Crippen molar-refractivity contribution in [2.24, 2.45) is 0 Å². The SMILES string of the molecule is Clc1cccc(-n2nnnc2[C@H](c2ccc(Cl)cc2Cl)N2CCCCC2)c1. The fraction of sp³-hybridized carbons (Fsp3) is 0.316. The van der Waals surface area contributed by atoms with E-state index in [1.807, 2.05) is 36.4 Å². The zero-order chi connectivity index (χ0) is 18.8. The molecule has 0 N–H and O–H groups in total. The molecule has 1 aromatic heterocycles. The second kappa shape index (κ2) is 8.15. The molecular formula is C19H18Cl3N5. The monoisotopic (exact) mass is 421 g/mol. The second-order valence-corrected chi connectivity index (χ2v) is 7.87. The van der Waals surface area contributed by atoms with Crippen LogP contribution >= 0.6 is 34.8 Å². The Morgan fingerprint density at radius 1 is 0.889 bits per heavy atom. The quantitative estimate of drug-likeness (QED) is 0.580. The number of halogens is 3. The summed E-state index contributed by atoms with van der Waals surface area (Å²) in [5.74, 6) is 0.711. The maximum Gasteiger partial charge on any atom is 0.178 e. The molecule has 8 heteroatoms. The first-order valence-electron chi connectivity index (χ1n) is 8.87. The lowest BCUT2D eigenvalue weighted by Gasteiger charge is -2.34. The molecule has 1 fully saturated rings. The van der Waals surface area contributed by atoms with E-state index in [9.17, 15) is 0 Å². The van der Waals surface area contributed by atoms with Crippen molar-refractivity contribution in [3.8, 4) is 5.69 Å². The molecule has 0 amide bonds. The first kappa shape index (κ1) is 18.7. The molecule has 1 saturated heterocycles. The molecule has 1 aliphatic rings. The number of rotatable bonds is 4.